The fourth-order valence-corrected chi connectivity index (χ4v) is 3.21. The van der Waals surface area contributed by atoms with Crippen LogP contribution in [0, 0.1) is 0 Å². The van der Waals surface area contributed by atoms with E-state index in [1.807, 2.05) is 6.92 Å². The van der Waals surface area contributed by atoms with Crippen LogP contribution < -0.4 is 10.9 Å². The molecule has 13 heteroatoms. The smallest absolute Gasteiger partial charge is 1.00 e. The maximum absolute atomic E-state index is 12.7. The number of aromatic nitrogens is 8. The topological polar surface area (TPSA) is 169 Å². The first kappa shape index (κ1) is 20.3. The molecule has 4 aromatic heterocycles. The van der Waals surface area contributed by atoms with E-state index in [4.69, 9.17) is 8.83 Å². The zero-order valence-electron chi connectivity index (χ0n) is 17.7. The molecule has 148 valence electrons. The van der Waals surface area contributed by atoms with Gasteiger partial charge in [0.1, 0.15) is 11.2 Å². The van der Waals surface area contributed by atoms with Crippen molar-refractivity contribution in [2.45, 2.75) is 19.8 Å². The van der Waals surface area contributed by atoms with Crippen LogP contribution in [0.2, 0.25) is 0 Å². The molecule has 0 atom stereocenters. The van der Waals surface area contributed by atoms with E-state index in [0.29, 0.717) is 23.2 Å². The van der Waals surface area contributed by atoms with Gasteiger partial charge in [-0.25, -0.2) is 0 Å². The number of aromatic amines is 2. The van der Waals surface area contributed by atoms with Crippen LogP contribution in [-0.4, -0.2) is 79.0 Å². The van der Waals surface area contributed by atoms with Gasteiger partial charge in [0.15, 0.2) is 22.4 Å². The van der Waals surface area contributed by atoms with Crippen molar-refractivity contribution in [3.63, 3.8) is 0 Å². The fraction of sp³-hybridized carbons (Fsp3) is 0.176. The summed E-state index contributed by atoms with van der Waals surface area (Å²) in [6, 6.07) is 4.01. The van der Waals surface area contributed by atoms with E-state index in [2.05, 4.69) is 41.2 Å². The number of rotatable bonds is 4. The van der Waals surface area contributed by atoms with Gasteiger partial charge in [0.2, 0.25) is 11.6 Å². The van der Waals surface area contributed by atoms with Crippen LogP contribution in [0.3, 0.4) is 0 Å². The molecule has 1 aromatic carbocycles. The number of hydrogen-bond acceptors (Lipinski definition) is 10. The molecule has 5 aromatic rings. The van der Waals surface area contributed by atoms with Crippen molar-refractivity contribution in [2.24, 2.45) is 0 Å². The summed E-state index contributed by atoms with van der Waals surface area (Å²) >= 11 is 0. The Bertz CT molecular complexity index is 1360. The van der Waals surface area contributed by atoms with Crippen molar-refractivity contribution in [2.75, 3.05) is 0 Å². The standard InChI is InChI=1S/C17H12N8O4.Ca.2H/c1-2-3-7-14-8(10(26)5-12(28-14)16-18-22-23-19-16)4-9-11(27)6-13(29-15(7)9)17-20-24-25-21-17;;;/h4-6H,2-3H2,1H3,(H,18,19,22,23)(H,20,21,24,25);;;/q;+2;2*-1. The molecule has 0 bridgehead atoms. The average molecular weight is 434 g/mol. The minimum absolute atomic E-state index is 0. The van der Waals surface area contributed by atoms with Gasteiger partial charge < -0.3 is 11.7 Å². The van der Waals surface area contributed by atoms with Crippen molar-refractivity contribution in [1.82, 2.24) is 41.2 Å². The summed E-state index contributed by atoms with van der Waals surface area (Å²) in [7, 11) is 0. The van der Waals surface area contributed by atoms with E-state index in [9.17, 15) is 9.59 Å². The molecule has 0 amide bonds. The third kappa shape index (κ3) is 3.32. The summed E-state index contributed by atoms with van der Waals surface area (Å²) in [6.07, 6.45) is 1.23. The van der Waals surface area contributed by atoms with Crippen LogP contribution in [0.25, 0.3) is 45.1 Å². The molecule has 5 rings (SSSR count). The molecule has 0 saturated heterocycles. The largest absolute Gasteiger partial charge is 2.00 e. The summed E-state index contributed by atoms with van der Waals surface area (Å²) in [5.41, 5.74) is 0.545. The Morgan fingerprint density at radius 3 is 1.77 bits per heavy atom. The maximum atomic E-state index is 12.7. The van der Waals surface area contributed by atoms with Crippen molar-refractivity contribution in [1.29, 1.82) is 0 Å². The quantitative estimate of drug-likeness (QED) is 0.308. The Hall–Kier alpha value is -2.96. The minimum atomic E-state index is -0.327. The summed E-state index contributed by atoms with van der Waals surface area (Å²) in [6.45, 7) is 1.97. The molecule has 0 aliphatic heterocycles. The molecule has 30 heavy (non-hydrogen) atoms. The molecule has 0 aliphatic carbocycles. The van der Waals surface area contributed by atoms with Gasteiger partial charge in [0.05, 0.1) is 10.8 Å². The molecule has 0 saturated carbocycles. The second-order valence-corrected chi connectivity index (χ2v) is 6.28. The van der Waals surface area contributed by atoms with Crippen LogP contribution in [-0.2, 0) is 6.42 Å². The summed E-state index contributed by atoms with van der Waals surface area (Å²) in [5, 5.41) is 27.6. The predicted octanol–water partition coefficient (Wildman–Crippen LogP) is 1.06. The zero-order chi connectivity index (χ0) is 20.0. The van der Waals surface area contributed by atoms with Gasteiger partial charge in [-0.3, -0.25) is 9.59 Å². The Balaban J connectivity index is 0.00000121. The third-order valence-electron chi connectivity index (χ3n) is 4.44. The van der Waals surface area contributed by atoms with E-state index < -0.39 is 0 Å². The first-order valence-electron chi connectivity index (χ1n) is 8.71. The number of aryl methyl sites for hydroxylation is 1. The molecule has 4 heterocycles. The van der Waals surface area contributed by atoms with E-state index in [1.165, 1.54) is 18.2 Å². The van der Waals surface area contributed by atoms with Gasteiger partial charge in [0.25, 0.3) is 0 Å². The van der Waals surface area contributed by atoms with Crippen molar-refractivity contribution in [3.8, 4) is 23.2 Å². The second-order valence-electron chi connectivity index (χ2n) is 6.28. The Morgan fingerprint density at radius 2 is 1.37 bits per heavy atom. The first-order valence-corrected chi connectivity index (χ1v) is 8.71. The Kier molecular flexibility index (Phi) is 5.45. The predicted molar refractivity (Wildman–Crippen MR) is 107 cm³/mol. The molecular weight excluding hydrogens is 420 g/mol. The van der Waals surface area contributed by atoms with E-state index in [1.54, 1.807) is 0 Å². The normalized spacial score (nSPS) is 11.1. The Labute approximate surface area is 199 Å². The number of nitrogens with one attached hydrogen (secondary N) is 2. The average Bonchev–Trinajstić information content (AvgIpc) is 3.43. The monoisotopic (exact) mass is 434 g/mol. The van der Waals surface area contributed by atoms with E-state index >= 15 is 0 Å². The maximum Gasteiger partial charge on any atom is 2.00 e. The molecule has 0 aliphatic rings. The first-order chi connectivity index (χ1) is 14.2. The Morgan fingerprint density at radius 1 is 0.867 bits per heavy atom. The zero-order valence-corrected chi connectivity index (χ0v) is 17.9. The molecular formula is C17H14CaN8O4. The van der Waals surface area contributed by atoms with Crippen molar-refractivity contribution >= 4 is 59.7 Å². The van der Waals surface area contributed by atoms with Crippen LogP contribution >= 0.6 is 0 Å². The van der Waals surface area contributed by atoms with Crippen molar-refractivity contribution in [3.05, 3.63) is 44.2 Å². The van der Waals surface area contributed by atoms with Crippen LogP contribution in [0.4, 0.5) is 0 Å². The van der Waals surface area contributed by atoms with Gasteiger partial charge in [0, 0.05) is 17.7 Å². The van der Waals surface area contributed by atoms with E-state index in [0.717, 1.165) is 6.42 Å². The van der Waals surface area contributed by atoms with Gasteiger partial charge >= 0.3 is 37.7 Å². The molecule has 0 unspecified atom stereocenters. The third-order valence-corrected chi connectivity index (χ3v) is 4.44. The van der Waals surface area contributed by atoms with Crippen molar-refractivity contribution < 1.29 is 11.7 Å². The van der Waals surface area contributed by atoms with Gasteiger partial charge in [-0.15, -0.1) is 20.4 Å². The minimum Gasteiger partial charge on any atom is -1.00 e. The second kappa shape index (κ2) is 8.05. The van der Waals surface area contributed by atoms with Crippen LogP contribution in [0.15, 0.2) is 36.6 Å². The number of benzene rings is 1. The van der Waals surface area contributed by atoms with Gasteiger partial charge in [-0.05, 0) is 22.9 Å². The summed E-state index contributed by atoms with van der Waals surface area (Å²) in [5.74, 6) is 0.608. The van der Waals surface area contributed by atoms with Crippen LogP contribution in [0.5, 0.6) is 0 Å². The van der Waals surface area contributed by atoms with Gasteiger partial charge in [-0.1, -0.05) is 13.3 Å². The summed E-state index contributed by atoms with van der Waals surface area (Å²) in [4.78, 5) is 25.5. The van der Waals surface area contributed by atoms with E-state index in [-0.39, 0.29) is 85.4 Å². The number of tetrazole rings is 2. The SMILES string of the molecule is CCCc1c2oc(-c3nn[nH]n3)cc(=O)c2cc2c(=O)cc(-c3nn[nH]n3)oc12.[Ca+2].[H-].[H-]. The number of H-pyrrole nitrogens is 2. The fourth-order valence-electron chi connectivity index (χ4n) is 3.21. The molecule has 0 spiro atoms. The number of hydrogen-bond donors (Lipinski definition) is 2. The molecule has 0 radical (unpaired) electrons. The number of nitrogens with zero attached hydrogens (tertiary/aromatic N) is 6. The molecule has 2 N–H and O–H groups in total. The number of fused-ring (bicyclic) bond motifs is 2. The van der Waals surface area contributed by atoms with Crippen LogP contribution in [0.1, 0.15) is 21.8 Å². The summed E-state index contributed by atoms with van der Waals surface area (Å²) < 4.78 is 11.9. The van der Waals surface area contributed by atoms with Gasteiger partial charge in [-0.2, -0.15) is 10.4 Å². The molecule has 0 fully saturated rings. The molecule has 12 nitrogen and oxygen atoms in total.